The molecule has 1 unspecified atom stereocenters. The summed E-state index contributed by atoms with van der Waals surface area (Å²) in [5.74, 6) is 1.70. The zero-order valence-electron chi connectivity index (χ0n) is 14.7. The molecule has 1 aliphatic rings. The molecule has 1 atom stereocenters. The molecule has 0 radical (unpaired) electrons. The second-order valence-electron chi connectivity index (χ2n) is 6.15. The maximum Gasteiger partial charge on any atom is 0.145 e. The highest BCUT2D eigenvalue weighted by molar-refractivity contribution is 5.61. The lowest BCUT2D eigenvalue weighted by atomic mass is 10.1. The fourth-order valence-electron chi connectivity index (χ4n) is 3.34. The van der Waals surface area contributed by atoms with E-state index in [2.05, 4.69) is 53.1 Å². The molecule has 1 heterocycles. The average Bonchev–Trinajstić information content (AvgIpc) is 2.67. The van der Waals surface area contributed by atoms with E-state index in [4.69, 9.17) is 9.47 Å². The summed E-state index contributed by atoms with van der Waals surface area (Å²) in [7, 11) is 3.39. The van der Waals surface area contributed by atoms with Crippen molar-refractivity contribution in [3.63, 3.8) is 0 Å². The molecule has 128 valence electrons. The van der Waals surface area contributed by atoms with Crippen molar-refractivity contribution in [3.05, 3.63) is 54.1 Å². The summed E-state index contributed by atoms with van der Waals surface area (Å²) in [6.45, 7) is 6.38. The molecule has 0 aliphatic carbocycles. The molecule has 4 heteroatoms. The first kappa shape index (κ1) is 16.7. The summed E-state index contributed by atoms with van der Waals surface area (Å²) in [6, 6.07) is 17.2. The molecule has 0 amide bonds. The van der Waals surface area contributed by atoms with Gasteiger partial charge in [-0.3, -0.25) is 4.90 Å². The quantitative estimate of drug-likeness (QED) is 0.838. The smallest absolute Gasteiger partial charge is 0.145 e. The van der Waals surface area contributed by atoms with Crippen LogP contribution in [0.2, 0.25) is 0 Å². The van der Waals surface area contributed by atoms with E-state index in [1.165, 1.54) is 5.56 Å². The van der Waals surface area contributed by atoms with Crippen molar-refractivity contribution in [1.82, 2.24) is 4.90 Å². The van der Waals surface area contributed by atoms with Gasteiger partial charge in [-0.05, 0) is 24.6 Å². The van der Waals surface area contributed by atoms with Gasteiger partial charge in [0.15, 0.2) is 0 Å². The van der Waals surface area contributed by atoms with E-state index in [0.29, 0.717) is 6.04 Å². The number of anilines is 1. The number of piperazine rings is 1. The predicted octanol–water partition coefficient (Wildman–Crippen LogP) is 3.59. The van der Waals surface area contributed by atoms with E-state index < -0.39 is 0 Å². The van der Waals surface area contributed by atoms with Gasteiger partial charge in [-0.2, -0.15) is 0 Å². The molecule has 1 saturated heterocycles. The van der Waals surface area contributed by atoms with Crippen molar-refractivity contribution >= 4 is 5.69 Å². The Balaban J connectivity index is 1.67. The minimum Gasteiger partial charge on any atom is -0.497 e. The first-order valence-electron chi connectivity index (χ1n) is 8.49. The number of hydrogen-bond acceptors (Lipinski definition) is 4. The number of hydrogen-bond donors (Lipinski definition) is 0. The highest BCUT2D eigenvalue weighted by atomic mass is 16.5. The first-order valence-corrected chi connectivity index (χ1v) is 8.49. The van der Waals surface area contributed by atoms with Crippen LogP contribution in [0.3, 0.4) is 0 Å². The molecule has 3 rings (SSSR count). The maximum absolute atomic E-state index is 5.55. The summed E-state index contributed by atoms with van der Waals surface area (Å²) >= 11 is 0. The highest BCUT2D eigenvalue weighted by Crippen LogP contribution is 2.33. The number of methoxy groups -OCH3 is 2. The summed E-state index contributed by atoms with van der Waals surface area (Å²) in [4.78, 5) is 4.94. The summed E-state index contributed by atoms with van der Waals surface area (Å²) in [6.07, 6.45) is 0. The van der Waals surface area contributed by atoms with Crippen molar-refractivity contribution in [2.45, 2.75) is 13.0 Å². The largest absolute Gasteiger partial charge is 0.497 e. The molecule has 2 aromatic carbocycles. The van der Waals surface area contributed by atoms with Crippen LogP contribution in [0.15, 0.2) is 48.5 Å². The number of nitrogens with zero attached hydrogens (tertiary/aromatic N) is 2. The summed E-state index contributed by atoms with van der Waals surface area (Å²) < 4.78 is 10.8. The minimum atomic E-state index is 0.450. The second kappa shape index (κ2) is 7.58. The standard InChI is InChI=1S/C20H26N2O2/c1-16(17-7-5-4-6-8-17)21-11-13-22(14-12-21)19-10-9-18(23-2)15-20(19)24-3/h4-10,15-16H,11-14H2,1-3H3. The Hall–Kier alpha value is -2.20. The second-order valence-corrected chi connectivity index (χ2v) is 6.15. The van der Waals surface area contributed by atoms with E-state index >= 15 is 0 Å². The summed E-state index contributed by atoms with van der Waals surface area (Å²) in [5.41, 5.74) is 2.53. The van der Waals surface area contributed by atoms with Crippen molar-refractivity contribution in [3.8, 4) is 11.5 Å². The lowest BCUT2D eigenvalue weighted by Gasteiger charge is -2.39. The first-order chi connectivity index (χ1) is 11.7. The summed E-state index contributed by atoms with van der Waals surface area (Å²) in [5, 5.41) is 0. The number of rotatable bonds is 5. The topological polar surface area (TPSA) is 24.9 Å². The van der Waals surface area contributed by atoms with Crippen molar-refractivity contribution in [2.75, 3.05) is 45.3 Å². The Kier molecular flexibility index (Phi) is 5.26. The molecule has 24 heavy (non-hydrogen) atoms. The van der Waals surface area contributed by atoms with Gasteiger partial charge >= 0.3 is 0 Å². The third kappa shape index (κ3) is 3.49. The van der Waals surface area contributed by atoms with Crippen LogP contribution in [0.25, 0.3) is 0 Å². The van der Waals surface area contributed by atoms with Crippen LogP contribution in [0.1, 0.15) is 18.5 Å². The molecule has 0 spiro atoms. The number of benzene rings is 2. The fourth-order valence-corrected chi connectivity index (χ4v) is 3.34. The molecular formula is C20H26N2O2. The lowest BCUT2D eigenvalue weighted by molar-refractivity contribution is 0.198. The van der Waals surface area contributed by atoms with Gasteiger partial charge in [-0.15, -0.1) is 0 Å². The van der Waals surface area contributed by atoms with Crippen LogP contribution in [-0.2, 0) is 0 Å². The molecule has 0 bridgehead atoms. The van der Waals surface area contributed by atoms with E-state index in [-0.39, 0.29) is 0 Å². The molecule has 2 aromatic rings. The van der Waals surface area contributed by atoms with Crippen molar-refractivity contribution in [2.24, 2.45) is 0 Å². The number of ether oxygens (including phenoxy) is 2. The monoisotopic (exact) mass is 326 g/mol. The van der Waals surface area contributed by atoms with Crippen molar-refractivity contribution in [1.29, 1.82) is 0 Å². The zero-order valence-corrected chi connectivity index (χ0v) is 14.7. The Morgan fingerprint density at radius 2 is 1.58 bits per heavy atom. The Morgan fingerprint density at radius 1 is 0.875 bits per heavy atom. The van der Waals surface area contributed by atoms with Gasteiger partial charge in [0, 0.05) is 38.3 Å². The van der Waals surface area contributed by atoms with Gasteiger partial charge in [0.25, 0.3) is 0 Å². The van der Waals surface area contributed by atoms with E-state index in [9.17, 15) is 0 Å². The lowest BCUT2D eigenvalue weighted by Crippen LogP contribution is -2.47. The third-order valence-electron chi connectivity index (χ3n) is 4.87. The van der Waals surface area contributed by atoms with Crippen LogP contribution in [-0.4, -0.2) is 45.3 Å². The van der Waals surface area contributed by atoms with Crippen LogP contribution >= 0.6 is 0 Å². The van der Waals surface area contributed by atoms with Gasteiger partial charge < -0.3 is 14.4 Å². The van der Waals surface area contributed by atoms with Crippen LogP contribution < -0.4 is 14.4 Å². The zero-order chi connectivity index (χ0) is 16.9. The molecular weight excluding hydrogens is 300 g/mol. The Labute approximate surface area is 144 Å². The van der Waals surface area contributed by atoms with Crippen LogP contribution in [0.5, 0.6) is 11.5 Å². The van der Waals surface area contributed by atoms with E-state index in [1.807, 2.05) is 12.1 Å². The van der Waals surface area contributed by atoms with E-state index in [0.717, 1.165) is 43.4 Å². The average molecular weight is 326 g/mol. The predicted molar refractivity (Wildman–Crippen MR) is 98.2 cm³/mol. The fraction of sp³-hybridized carbons (Fsp3) is 0.400. The third-order valence-corrected chi connectivity index (χ3v) is 4.87. The molecule has 0 aromatic heterocycles. The maximum atomic E-state index is 5.55. The van der Waals surface area contributed by atoms with Crippen LogP contribution in [0, 0.1) is 0 Å². The van der Waals surface area contributed by atoms with Gasteiger partial charge in [0.05, 0.1) is 19.9 Å². The van der Waals surface area contributed by atoms with E-state index in [1.54, 1.807) is 14.2 Å². The van der Waals surface area contributed by atoms with Crippen LogP contribution in [0.4, 0.5) is 5.69 Å². The Bertz CT molecular complexity index is 652. The van der Waals surface area contributed by atoms with Gasteiger partial charge in [0.2, 0.25) is 0 Å². The normalized spacial score (nSPS) is 16.7. The Morgan fingerprint density at radius 3 is 2.21 bits per heavy atom. The molecule has 1 aliphatic heterocycles. The minimum absolute atomic E-state index is 0.450. The van der Waals surface area contributed by atoms with Gasteiger partial charge in [-0.25, -0.2) is 0 Å². The molecule has 0 saturated carbocycles. The highest BCUT2D eigenvalue weighted by Gasteiger charge is 2.23. The molecule has 0 N–H and O–H groups in total. The van der Waals surface area contributed by atoms with Gasteiger partial charge in [-0.1, -0.05) is 30.3 Å². The van der Waals surface area contributed by atoms with Gasteiger partial charge in [0.1, 0.15) is 11.5 Å². The molecule has 4 nitrogen and oxygen atoms in total. The van der Waals surface area contributed by atoms with Crippen molar-refractivity contribution < 1.29 is 9.47 Å². The molecule has 1 fully saturated rings. The SMILES string of the molecule is COc1ccc(N2CCN(C(C)c3ccccc3)CC2)c(OC)c1.